The van der Waals surface area contributed by atoms with Crippen molar-refractivity contribution in [3.63, 3.8) is 0 Å². The molecular formula is C5H4ClN3O. The van der Waals surface area contributed by atoms with E-state index in [4.69, 9.17) is 21.5 Å². The van der Waals surface area contributed by atoms with Crippen molar-refractivity contribution in [2.45, 2.75) is 6.54 Å². The summed E-state index contributed by atoms with van der Waals surface area (Å²) in [5.74, 6) is 0.572. The molecule has 0 saturated carbocycles. The smallest absolute Gasteiger partial charge is 0.193 e. The molecule has 0 aliphatic carbocycles. The highest BCUT2D eigenvalue weighted by Crippen LogP contribution is 2.13. The molecule has 5 heteroatoms. The fourth-order valence-electron chi connectivity index (χ4n) is 0.538. The summed E-state index contributed by atoms with van der Waals surface area (Å²) in [5, 5.41) is 3.59. The van der Waals surface area contributed by atoms with Crippen molar-refractivity contribution in [1.29, 1.82) is 0 Å². The van der Waals surface area contributed by atoms with Crippen LogP contribution in [0.25, 0.3) is 10.4 Å². The Morgan fingerprint density at radius 3 is 3.00 bits per heavy atom. The van der Waals surface area contributed by atoms with Gasteiger partial charge in [0.25, 0.3) is 0 Å². The topological polar surface area (TPSA) is 61.9 Å². The molecule has 0 aliphatic heterocycles. The Balaban J connectivity index is 2.66. The minimum atomic E-state index is 0.212. The first-order valence-electron chi connectivity index (χ1n) is 2.58. The first-order valence-corrected chi connectivity index (χ1v) is 2.96. The van der Waals surface area contributed by atoms with E-state index in [1.54, 1.807) is 12.1 Å². The molecule has 0 fully saturated rings. The molecule has 4 nitrogen and oxygen atoms in total. The van der Waals surface area contributed by atoms with E-state index in [-0.39, 0.29) is 6.54 Å². The van der Waals surface area contributed by atoms with Gasteiger partial charge >= 0.3 is 0 Å². The molecule has 0 spiro atoms. The van der Waals surface area contributed by atoms with Gasteiger partial charge in [0.2, 0.25) is 0 Å². The second-order valence-corrected chi connectivity index (χ2v) is 1.97. The monoisotopic (exact) mass is 157 g/mol. The highest BCUT2D eigenvalue weighted by molar-refractivity contribution is 6.28. The van der Waals surface area contributed by atoms with Crippen LogP contribution in [0.3, 0.4) is 0 Å². The van der Waals surface area contributed by atoms with Crippen LogP contribution in [0.15, 0.2) is 21.7 Å². The zero-order valence-corrected chi connectivity index (χ0v) is 5.75. The number of rotatable bonds is 2. The molecule has 1 heterocycles. The van der Waals surface area contributed by atoms with E-state index in [1.165, 1.54) is 0 Å². The lowest BCUT2D eigenvalue weighted by Gasteiger charge is -1.82. The van der Waals surface area contributed by atoms with Crippen molar-refractivity contribution < 1.29 is 4.42 Å². The maximum atomic E-state index is 7.92. The standard InChI is InChI=1S/C5H4ClN3O/c6-5-2-1-4(10-5)3-8-9-7/h1-2H,3H2. The van der Waals surface area contributed by atoms with Gasteiger partial charge in [-0.05, 0) is 29.3 Å². The lowest BCUT2D eigenvalue weighted by atomic mass is 10.5. The minimum absolute atomic E-state index is 0.212. The molecule has 0 radical (unpaired) electrons. The van der Waals surface area contributed by atoms with Crippen molar-refractivity contribution in [3.05, 3.63) is 33.6 Å². The molecule has 1 aromatic rings. The van der Waals surface area contributed by atoms with Crippen molar-refractivity contribution in [3.8, 4) is 0 Å². The van der Waals surface area contributed by atoms with Crippen LogP contribution < -0.4 is 0 Å². The van der Waals surface area contributed by atoms with Crippen LogP contribution in [0.1, 0.15) is 5.76 Å². The third kappa shape index (κ3) is 1.69. The fourth-order valence-corrected chi connectivity index (χ4v) is 0.700. The molecule has 52 valence electrons. The normalized spacial score (nSPS) is 8.90. The van der Waals surface area contributed by atoms with E-state index >= 15 is 0 Å². The number of nitrogens with zero attached hydrogens (tertiary/aromatic N) is 3. The average molecular weight is 158 g/mol. The maximum Gasteiger partial charge on any atom is 0.193 e. The molecule has 0 amide bonds. The van der Waals surface area contributed by atoms with Crippen molar-refractivity contribution in [2.75, 3.05) is 0 Å². The summed E-state index contributed by atoms with van der Waals surface area (Å²) in [6, 6.07) is 3.26. The quantitative estimate of drug-likeness (QED) is 0.370. The lowest BCUT2D eigenvalue weighted by molar-refractivity contribution is 0.514. The van der Waals surface area contributed by atoms with E-state index in [0.717, 1.165) is 0 Å². The molecule has 0 bridgehead atoms. The van der Waals surface area contributed by atoms with Gasteiger partial charge in [0.05, 0.1) is 6.54 Å². The molecule has 0 aromatic carbocycles. The molecule has 0 atom stereocenters. The van der Waals surface area contributed by atoms with Crippen LogP contribution in [0.4, 0.5) is 0 Å². The molecule has 10 heavy (non-hydrogen) atoms. The van der Waals surface area contributed by atoms with Gasteiger partial charge in [0.1, 0.15) is 5.76 Å². The highest BCUT2D eigenvalue weighted by atomic mass is 35.5. The van der Waals surface area contributed by atoms with Crippen molar-refractivity contribution in [1.82, 2.24) is 0 Å². The Labute approximate surface area is 62.0 Å². The predicted molar refractivity (Wildman–Crippen MR) is 36.6 cm³/mol. The van der Waals surface area contributed by atoms with Gasteiger partial charge in [-0.25, -0.2) is 0 Å². The van der Waals surface area contributed by atoms with Crippen molar-refractivity contribution >= 4 is 11.6 Å². The van der Waals surface area contributed by atoms with Gasteiger partial charge in [-0.3, -0.25) is 0 Å². The summed E-state index contributed by atoms with van der Waals surface area (Å²) in [7, 11) is 0. The van der Waals surface area contributed by atoms with Crippen LogP contribution in [-0.4, -0.2) is 0 Å². The van der Waals surface area contributed by atoms with Crippen LogP contribution in [0.2, 0.25) is 5.22 Å². The third-order valence-electron chi connectivity index (χ3n) is 0.919. The van der Waals surface area contributed by atoms with Crippen molar-refractivity contribution in [2.24, 2.45) is 5.11 Å². The van der Waals surface area contributed by atoms with Crippen LogP contribution >= 0.6 is 11.6 Å². The largest absolute Gasteiger partial charge is 0.450 e. The average Bonchev–Trinajstić information content (AvgIpc) is 2.31. The first kappa shape index (κ1) is 6.99. The molecule has 0 unspecified atom stereocenters. The number of azide groups is 1. The Morgan fingerprint density at radius 1 is 1.70 bits per heavy atom. The Kier molecular flexibility index (Phi) is 2.20. The molecule has 1 aromatic heterocycles. The summed E-state index contributed by atoms with van der Waals surface area (Å²) in [6.45, 7) is 0.212. The lowest BCUT2D eigenvalue weighted by Crippen LogP contribution is -1.69. The van der Waals surface area contributed by atoms with Crippen LogP contribution in [0.5, 0.6) is 0 Å². The highest BCUT2D eigenvalue weighted by Gasteiger charge is 1.95. The number of hydrogen-bond donors (Lipinski definition) is 0. The van der Waals surface area contributed by atoms with Crippen LogP contribution in [0, 0.1) is 0 Å². The number of furan rings is 1. The Morgan fingerprint density at radius 2 is 2.50 bits per heavy atom. The third-order valence-corrected chi connectivity index (χ3v) is 1.12. The van der Waals surface area contributed by atoms with E-state index in [1.807, 2.05) is 0 Å². The molecule has 1 rings (SSSR count). The van der Waals surface area contributed by atoms with Gasteiger partial charge in [-0.1, -0.05) is 5.11 Å². The summed E-state index contributed by atoms with van der Waals surface area (Å²) in [4.78, 5) is 2.56. The van der Waals surface area contributed by atoms with E-state index in [9.17, 15) is 0 Å². The first-order chi connectivity index (χ1) is 4.83. The summed E-state index contributed by atoms with van der Waals surface area (Å²) in [6.07, 6.45) is 0. The minimum Gasteiger partial charge on any atom is -0.450 e. The molecule has 0 aliphatic rings. The Bertz CT molecular complexity index is 264. The van der Waals surface area contributed by atoms with E-state index in [0.29, 0.717) is 11.0 Å². The Hall–Kier alpha value is -1.12. The van der Waals surface area contributed by atoms with E-state index in [2.05, 4.69) is 10.0 Å². The SMILES string of the molecule is [N-]=[N+]=NCc1ccc(Cl)o1. The van der Waals surface area contributed by atoms with Gasteiger partial charge in [-0.2, -0.15) is 0 Å². The second kappa shape index (κ2) is 3.15. The van der Waals surface area contributed by atoms with Gasteiger partial charge in [0.15, 0.2) is 5.22 Å². The number of halogens is 1. The zero-order chi connectivity index (χ0) is 7.40. The fraction of sp³-hybridized carbons (Fsp3) is 0.200. The summed E-state index contributed by atoms with van der Waals surface area (Å²) < 4.78 is 4.89. The van der Waals surface area contributed by atoms with Gasteiger partial charge in [-0.15, -0.1) is 0 Å². The zero-order valence-electron chi connectivity index (χ0n) is 4.99. The molecular weight excluding hydrogens is 154 g/mol. The second-order valence-electron chi connectivity index (χ2n) is 1.59. The van der Waals surface area contributed by atoms with Gasteiger partial charge < -0.3 is 4.42 Å². The maximum absolute atomic E-state index is 7.92. The number of hydrogen-bond acceptors (Lipinski definition) is 2. The summed E-state index contributed by atoms with van der Waals surface area (Å²) in [5.41, 5.74) is 7.92. The predicted octanol–water partition coefficient (Wildman–Crippen LogP) is 2.74. The molecule has 0 N–H and O–H groups in total. The van der Waals surface area contributed by atoms with Gasteiger partial charge in [0, 0.05) is 4.91 Å². The van der Waals surface area contributed by atoms with E-state index < -0.39 is 0 Å². The van der Waals surface area contributed by atoms with Crippen LogP contribution in [-0.2, 0) is 6.54 Å². The summed E-state index contributed by atoms with van der Waals surface area (Å²) >= 11 is 5.44. The molecule has 0 saturated heterocycles.